The summed E-state index contributed by atoms with van der Waals surface area (Å²) in [5, 5.41) is 5.65. The molecule has 2 saturated heterocycles. The highest BCUT2D eigenvalue weighted by molar-refractivity contribution is 6.45. The lowest BCUT2D eigenvalue weighted by Gasteiger charge is -2.37. The molecule has 0 spiro atoms. The van der Waals surface area contributed by atoms with Crippen molar-refractivity contribution >= 4 is 25.1 Å². The van der Waals surface area contributed by atoms with Gasteiger partial charge in [-0.15, -0.1) is 0 Å². The molecule has 0 aromatic heterocycles. The molecule has 0 saturated carbocycles. The van der Waals surface area contributed by atoms with Crippen LogP contribution in [0.1, 0.15) is 93.9 Å². The zero-order chi connectivity index (χ0) is 29.5. The van der Waals surface area contributed by atoms with E-state index in [-0.39, 0.29) is 25.6 Å². The third-order valence-electron chi connectivity index (χ3n) is 8.06. The highest BCUT2D eigenvalue weighted by Gasteiger charge is 2.50. The molecule has 0 aromatic rings. The van der Waals surface area contributed by atoms with Crippen LogP contribution < -0.4 is 10.6 Å². The molecule has 0 bridgehead atoms. The van der Waals surface area contributed by atoms with Crippen molar-refractivity contribution in [1.29, 1.82) is 0 Å². The van der Waals surface area contributed by atoms with Crippen molar-refractivity contribution in [2.45, 2.75) is 123 Å². The van der Waals surface area contributed by atoms with Crippen LogP contribution in [0.5, 0.6) is 0 Å². The second-order valence-electron chi connectivity index (χ2n) is 12.8. The molecule has 2 N–H and O–H groups in total. The SMILES string of the molecule is CCOC(=O)C(CCCCB1OC(C)(C)C(C)(C)O1)(CCN1CCC(C(=O)NC)CC1)NC(=O)OC(C)(C)C. The standard InChI is InChI=1S/C28H52BN3O7/c1-10-36-23(34)28(31-24(35)37-25(2,3)4,16-20-32-18-13-21(14-19-32)22(33)30-9)15-11-12-17-29-38-26(5,6)27(7,8)39-29/h21H,10-20H2,1-9H3,(H,30,33)(H,31,35). The highest BCUT2D eigenvalue weighted by atomic mass is 16.7. The van der Waals surface area contributed by atoms with Crippen LogP contribution in [0.2, 0.25) is 6.32 Å². The Morgan fingerprint density at radius 2 is 1.59 bits per heavy atom. The number of amides is 2. The lowest BCUT2D eigenvalue weighted by molar-refractivity contribution is -0.152. The topological polar surface area (TPSA) is 115 Å². The summed E-state index contributed by atoms with van der Waals surface area (Å²) in [5.41, 5.74) is -2.72. The Hall–Kier alpha value is -1.85. The van der Waals surface area contributed by atoms with Gasteiger partial charge in [0.1, 0.15) is 11.1 Å². The molecule has 11 heteroatoms. The van der Waals surface area contributed by atoms with E-state index in [0.29, 0.717) is 32.1 Å². The predicted molar refractivity (Wildman–Crippen MR) is 151 cm³/mol. The number of carbonyl (C=O) groups is 3. The molecule has 10 nitrogen and oxygen atoms in total. The Balaban J connectivity index is 2.10. The van der Waals surface area contributed by atoms with Crippen molar-refractivity contribution in [3.63, 3.8) is 0 Å². The molecule has 0 aliphatic carbocycles. The minimum absolute atomic E-state index is 0.0101. The number of nitrogens with one attached hydrogen (secondary N) is 2. The molecule has 0 aromatic carbocycles. The maximum absolute atomic E-state index is 13.4. The molecule has 39 heavy (non-hydrogen) atoms. The van der Waals surface area contributed by atoms with Crippen molar-refractivity contribution in [3.8, 4) is 0 Å². The number of unbranched alkanes of at least 4 members (excludes halogenated alkanes) is 1. The Labute approximate surface area is 235 Å². The van der Waals surface area contributed by atoms with E-state index in [1.165, 1.54) is 0 Å². The first-order chi connectivity index (χ1) is 18.0. The second-order valence-corrected chi connectivity index (χ2v) is 12.8. The molecule has 1 unspecified atom stereocenters. The van der Waals surface area contributed by atoms with Gasteiger partial charge in [0.2, 0.25) is 5.91 Å². The van der Waals surface area contributed by atoms with E-state index in [4.69, 9.17) is 18.8 Å². The van der Waals surface area contributed by atoms with Crippen LogP contribution in [-0.4, -0.2) is 85.6 Å². The van der Waals surface area contributed by atoms with Gasteiger partial charge >= 0.3 is 19.2 Å². The van der Waals surface area contributed by atoms with Gasteiger partial charge in [-0.05, 0) is 100 Å². The summed E-state index contributed by atoms with van der Waals surface area (Å²) in [6, 6.07) is 0. The fourth-order valence-electron chi connectivity index (χ4n) is 5.07. The molecule has 2 heterocycles. The van der Waals surface area contributed by atoms with Gasteiger partial charge in [0.15, 0.2) is 0 Å². The number of rotatable bonds is 12. The number of likely N-dealkylation sites (tertiary alicyclic amines) is 1. The molecule has 2 aliphatic heterocycles. The summed E-state index contributed by atoms with van der Waals surface area (Å²) in [6.07, 6.45) is 3.78. The molecule has 1 atom stereocenters. The summed E-state index contributed by atoms with van der Waals surface area (Å²) in [4.78, 5) is 40.6. The third kappa shape index (κ3) is 9.64. The van der Waals surface area contributed by atoms with Gasteiger partial charge in [0.25, 0.3) is 0 Å². The average Bonchev–Trinajstić information content (AvgIpc) is 3.04. The first-order valence-corrected chi connectivity index (χ1v) is 14.5. The number of piperidine rings is 1. The molecule has 2 amide bonds. The van der Waals surface area contributed by atoms with Crippen LogP contribution in [0.15, 0.2) is 0 Å². The lowest BCUT2D eigenvalue weighted by Crippen LogP contribution is -2.58. The van der Waals surface area contributed by atoms with Crippen LogP contribution in [-0.2, 0) is 28.4 Å². The number of hydrogen-bond donors (Lipinski definition) is 2. The smallest absolute Gasteiger partial charge is 0.457 e. The van der Waals surface area contributed by atoms with Crippen LogP contribution in [0.3, 0.4) is 0 Å². The van der Waals surface area contributed by atoms with Gasteiger partial charge in [-0.25, -0.2) is 9.59 Å². The molecular formula is C28H52BN3O7. The van der Waals surface area contributed by atoms with Gasteiger partial charge < -0.3 is 34.3 Å². The van der Waals surface area contributed by atoms with Gasteiger partial charge in [-0.3, -0.25) is 4.79 Å². The monoisotopic (exact) mass is 553 g/mol. The summed E-state index contributed by atoms with van der Waals surface area (Å²) < 4.78 is 23.3. The Kier molecular flexibility index (Phi) is 11.7. The summed E-state index contributed by atoms with van der Waals surface area (Å²) in [7, 11) is 1.35. The second kappa shape index (κ2) is 13.7. The molecule has 2 rings (SSSR count). The highest BCUT2D eigenvalue weighted by Crippen LogP contribution is 2.38. The Bertz CT molecular complexity index is 822. The molecule has 224 valence electrons. The van der Waals surface area contributed by atoms with Crippen molar-refractivity contribution in [2.75, 3.05) is 33.3 Å². The van der Waals surface area contributed by atoms with Gasteiger partial charge in [-0.2, -0.15) is 0 Å². The summed E-state index contributed by atoms with van der Waals surface area (Å²) in [5.74, 6) is -0.369. The minimum Gasteiger partial charge on any atom is -0.464 e. The van der Waals surface area contributed by atoms with E-state index in [2.05, 4.69) is 15.5 Å². The van der Waals surface area contributed by atoms with E-state index in [0.717, 1.165) is 32.4 Å². The maximum atomic E-state index is 13.4. The van der Waals surface area contributed by atoms with Crippen LogP contribution in [0.25, 0.3) is 0 Å². The van der Waals surface area contributed by atoms with Crippen molar-refractivity contribution in [3.05, 3.63) is 0 Å². The summed E-state index contributed by atoms with van der Waals surface area (Å²) in [6.45, 7) is 17.6. The van der Waals surface area contributed by atoms with Gasteiger partial charge in [0, 0.05) is 19.5 Å². The molecule has 0 radical (unpaired) electrons. The van der Waals surface area contributed by atoms with Crippen molar-refractivity contribution in [2.24, 2.45) is 5.92 Å². The van der Waals surface area contributed by atoms with Crippen molar-refractivity contribution in [1.82, 2.24) is 15.5 Å². The molecule has 2 fully saturated rings. The van der Waals surface area contributed by atoms with E-state index >= 15 is 0 Å². The van der Waals surface area contributed by atoms with Gasteiger partial charge in [-0.1, -0.05) is 12.8 Å². The van der Waals surface area contributed by atoms with E-state index < -0.39 is 34.4 Å². The largest absolute Gasteiger partial charge is 0.464 e. The number of hydrogen-bond acceptors (Lipinski definition) is 8. The third-order valence-corrected chi connectivity index (χ3v) is 8.06. The minimum atomic E-state index is -1.23. The first-order valence-electron chi connectivity index (χ1n) is 14.5. The Morgan fingerprint density at radius 1 is 1.00 bits per heavy atom. The van der Waals surface area contributed by atoms with Crippen LogP contribution in [0, 0.1) is 5.92 Å². The molecule has 2 aliphatic rings. The number of ether oxygens (including phenoxy) is 2. The van der Waals surface area contributed by atoms with E-state index in [1.54, 1.807) is 34.7 Å². The fraction of sp³-hybridized carbons (Fsp3) is 0.893. The Morgan fingerprint density at radius 3 is 2.10 bits per heavy atom. The normalized spacial score (nSPS) is 21.2. The zero-order valence-electron chi connectivity index (χ0n) is 25.7. The number of carbonyl (C=O) groups excluding carboxylic acids is 3. The zero-order valence-corrected chi connectivity index (χ0v) is 25.7. The van der Waals surface area contributed by atoms with Crippen LogP contribution in [0.4, 0.5) is 4.79 Å². The van der Waals surface area contributed by atoms with Gasteiger partial charge in [0.05, 0.1) is 17.8 Å². The average molecular weight is 554 g/mol. The molecular weight excluding hydrogens is 501 g/mol. The number of esters is 1. The first kappa shape index (κ1) is 33.4. The van der Waals surface area contributed by atoms with Crippen molar-refractivity contribution < 1.29 is 33.2 Å². The predicted octanol–water partition coefficient (Wildman–Crippen LogP) is 3.92. The number of alkyl carbamates (subject to hydrolysis) is 1. The fourth-order valence-corrected chi connectivity index (χ4v) is 5.07. The maximum Gasteiger partial charge on any atom is 0.457 e. The number of nitrogens with zero attached hydrogens (tertiary/aromatic N) is 1. The lowest BCUT2D eigenvalue weighted by atomic mass is 9.80. The van der Waals surface area contributed by atoms with E-state index in [1.807, 2.05) is 27.7 Å². The quantitative estimate of drug-likeness (QED) is 0.212. The van der Waals surface area contributed by atoms with E-state index in [9.17, 15) is 14.4 Å². The summed E-state index contributed by atoms with van der Waals surface area (Å²) >= 11 is 0. The van der Waals surface area contributed by atoms with Crippen LogP contribution >= 0.6 is 0 Å².